The number of fused-ring (bicyclic) bond motifs is 1. The summed E-state index contributed by atoms with van der Waals surface area (Å²) in [5.74, 6) is 0.389. The van der Waals surface area contributed by atoms with Gasteiger partial charge < -0.3 is 9.64 Å². The summed E-state index contributed by atoms with van der Waals surface area (Å²) in [5.41, 5.74) is 0.950. The van der Waals surface area contributed by atoms with Gasteiger partial charge in [-0.1, -0.05) is 0 Å². The highest BCUT2D eigenvalue weighted by atomic mass is 32.2. The fourth-order valence-corrected chi connectivity index (χ4v) is 2.10. The molecule has 0 unspecified atom stereocenters. The van der Waals surface area contributed by atoms with E-state index in [1.54, 1.807) is 25.2 Å². The van der Waals surface area contributed by atoms with E-state index in [-0.39, 0.29) is 12.5 Å². The Labute approximate surface area is 99.2 Å². The monoisotopic (exact) mass is 256 g/mol. The molecule has 17 heavy (non-hydrogen) atoms. The second-order valence-electron chi connectivity index (χ2n) is 3.80. The van der Waals surface area contributed by atoms with Crippen LogP contribution in [-0.2, 0) is 14.8 Å². The van der Waals surface area contributed by atoms with Gasteiger partial charge >= 0.3 is 0 Å². The number of hydrogen-bond acceptors (Lipinski definition) is 4. The minimum absolute atomic E-state index is 0.00233. The lowest BCUT2D eigenvalue weighted by atomic mass is 10.2. The second-order valence-corrected chi connectivity index (χ2v) is 5.55. The van der Waals surface area contributed by atoms with Crippen LogP contribution >= 0.6 is 0 Å². The van der Waals surface area contributed by atoms with Gasteiger partial charge in [-0.25, -0.2) is 8.42 Å². The van der Waals surface area contributed by atoms with Gasteiger partial charge in [0.25, 0.3) is 5.91 Å². The number of amides is 1. The first-order valence-corrected chi connectivity index (χ1v) is 6.77. The highest BCUT2D eigenvalue weighted by Gasteiger charge is 2.22. The third-order valence-corrected chi connectivity index (χ3v) is 2.96. The highest BCUT2D eigenvalue weighted by molar-refractivity contribution is 7.92. The Morgan fingerprint density at radius 2 is 2.12 bits per heavy atom. The Hall–Kier alpha value is -1.76. The Bertz CT molecular complexity index is 568. The zero-order chi connectivity index (χ0) is 12.6. The number of carbonyl (C=O) groups excluding carboxylic acids is 1. The molecule has 1 aliphatic heterocycles. The fourth-order valence-electron chi connectivity index (χ4n) is 1.55. The molecule has 0 radical (unpaired) electrons. The van der Waals surface area contributed by atoms with E-state index in [1.807, 2.05) is 0 Å². The molecule has 6 nitrogen and oxygen atoms in total. The van der Waals surface area contributed by atoms with Gasteiger partial charge in [0.1, 0.15) is 5.75 Å². The summed E-state index contributed by atoms with van der Waals surface area (Å²) in [6, 6.07) is 4.78. The van der Waals surface area contributed by atoms with E-state index in [9.17, 15) is 13.2 Å². The predicted molar refractivity (Wildman–Crippen MR) is 63.8 cm³/mol. The highest BCUT2D eigenvalue weighted by Crippen LogP contribution is 2.33. The maximum Gasteiger partial charge on any atom is 0.264 e. The molecule has 0 fully saturated rings. The van der Waals surface area contributed by atoms with Crippen molar-refractivity contribution >= 4 is 27.3 Å². The van der Waals surface area contributed by atoms with Crippen LogP contribution in [0.15, 0.2) is 18.2 Å². The quantitative estimate of drug-likeness (QED) is 0.831. The van der Waals surface area contributed by atoms with Crippen molar-refractivity contribution < 1.29 is 17.9 Å². The van der Waals surface area contributed by atoms with Crippen LogP contribution in [0.4, 0.5) is 11.4 Å². The molecule has 0 saturated heterocycles. The van der Waals surface area contributed by atoms with Crippen molar-refractivity contribution in [2.24, 2.45) is 0 Å². The Morgan fingerprint density at radius 1 is 1.41 bits per heavy atom. The van der Waals surface area contributed by atoms with Crippen LogP contribution in [0.2, 0.25) is 0 Å². The van der Waals surface area contributed by atoms with Crippen molar-refractivity contribution in [1.82, 2.24) is 0 Å². The number of nitrogens with one attached hydrogen (secondary N) is 1. The molecule has 0 saturated carbocycles. The molecular formula is C10H12N2O4S. The first-order valence-electron chi connectivity index (χ1n) is 4.88. The van der Waals surface area contributed by atoms with Crippen molar-refractivity contribution in [3.63, 3.8) is 0 Å². The summed E-state index contributed by atoms with van der Waals surface area (Å²) in [6.45, 7) is 0.00233. The van der Waals surface area contributed by atoms with Crippen LogP contribution in [0.1, 0.15) is 0 Å². The molecule has 0 aliphatic carbocycles. The molecule has 1 amide bonds. The summed E-state index contributed by atoms with van der Waals surface area (Å²) in [6.07, 6.45) is 1.07. The van der Waals surface area contributed by atoms with Crippen molar-refractivity contribution in [3.05, 3.63) is 18.2 Å². The van der Waals surface area contributed by atoms with Crippen LogP contribution < -0.4 is 14.4 Å². The molecule has 1 heterocycles. The number of carbonyl (C=O) groups is 1. The maximum absolute atomic E-state index is 11.4. The van der Waals surface area contributed by atoms with Crippen molar-refractivity contribution in [1.29, 1.82) is 0 Å². The smallest absolute Gasteiger partial charge is 0.264 e. The summed E-state index contributed by atoms with van der Waals surface area (Å²) in [4.78, 5) is 12.9. The molecule has 1 aliphatic rings. The molecule has 7 heteroatoms. The Kier molecular flexibility index (Phi) is 2.70. The van der Waals surface area contributed by atoms with Crippen molar-refractivity contribution in [3.8, 4) is 5.75 Å². The summed E-state index contributed by atoms with van der Waals surface area (Å²) >= 11 is 0. The van der Waals surface area contributed by atoms with Gasteiger partial charge in [-0.2, -0.15) is 0 Å². The second kappa shape index (κ2) is 3.92. The number of sulfonamides is 1. The van der Waals surface area contributed by atoms with Crippen molar-refractivity contribution in [2.75, 3.05) is 29.5 Å². The van der Waals surface area contributed by atoms with Gasteiger partial charge in [0.15, 0.2) is 6.61 Å². The van der Waals surface area contributed by atoms with Gasteiger partial charge in [-0.15, -0.1) is 0 Å². The van der Waals surface area contributed by atoms with Crippen LogP contribution in [-0.4, -0.2) is 34.2 Å². The lowest BCUT2D eigenvalue weighted by Gasteiger charge is -2.26. The number of rotatable bonds is 2. The summed E-state index contributed by atoms with van der Waals surface area (Å²) in [5, 5.41) is 0. The largest absolute Gasteiger partial charge is 0.482 e. The molecule has 92 valence electrons. The van der Waals surface area contributed by atoms with Gasteiger partial charge in [-0.3, -0.25) is 9.52 Å². The molecule has 1 N–H and O–H groups in total. The zero-order valence-corrected chi connectivity index (χ0v) is 10.2. The molecule has 0 aromatic heterocycles. The third-order valence-electron chi connectivity index (χ3n) is 2.35. The van der Waals surface area contributed by atoms with E-state index in [2.05, 4.69) is 4.72 Å². The number of ether oxygens (including phenoxy) is 1. The average molecular weight is 256 g/mol. The first-order chi connectivity index (χ1) is 7.87. The normalized spacial score (nSPS) is 15.2. The van der Waals surface area contributed by atoms with E-state index in [0.29, 0.717) is 17.1 Å². The topological polar surface area (TPSA) is 75.7 Å². The summed E-state index contributed by atoms with van der Waals surface area (Å²) < 4.78 is 29.8. The zero-order valence-electron chi connectivity index (χ0n) is 9.43. The lowest BCUT2D eigenvalue weighted by Crippen LogP contribution is -2.35. The van der Waals surface area contributed by atoms with Crippen LogP contribution in [0.3, 0.4) is 0 Å². The van der Waals surface area contributed by atoms with Crippen LogP contribution in [0, 0.1) is 0 Å². The Morgan fingerprint density at radius 3 is 2.76 bits per heavy atom. The van der Waals surface area contributed by atoms with Crippen LogP contribution in [0.5, 0.6) is 5.75 Å². The first kappa shape index (κ1) is 11.7. The maximum atomic E-state index is 11.4. The average Bonchev–Trinajstić information content (AvgIpc) is 2.22. The van der Waals surface area contributed by atoms with E-state index < -0.39 is 10.0 Å². The van der Waals surface area contributed by atoms with Crippen LogP contribution in [0.25, 0.3) is 0 Å². The van der Waals surface area contributed by atoms with Gasteiger partial charge in [0.05, 0.1) is 17.6 Å². The molecule has 1 aromatic rings. The molecule has 0 spiro atoms. The number of nitrogens with zero attached hydrogens (tertiary/aromatic N) is 1. The summed E-state index contributed by atoms with van der Waals surface area (Å²) in [7, 11) is -1.71. The number of likely N-dealkylation sites (N-methyl/N-ethyl adjacent to an activating group) is 1. The number of hydrogen-bond donors (Lipinski definition) is 1. The molecule has 0 bridgehead atoms. The van der Waals surface area contributed by atoms with E-state index in [1.165, 1.54) is 4.90 Å². The molecule has 1 aromatic carbocycles. The Balaban J connectivity index is 2.39. The number of anilines is 2. The van der Waals surface area contributed by atoms with E-state index in [4.69, 9.17) is 4.74 Å². The fraction of sp³-hybridized carbons (Fsp3) is 0.300. The van der Waals surface area contributed by atoms with E-state index >= 15 is 0 Å². The standard InChI is InChI=1S/C10H12N2O4S/c1-12-8-5-7(11-17(2,14)15)3-4-9(8)16-6-10(12)13/h3-5,11H,6H2,1-2H3. The van der Waals surface area contributed by atoms with Gasteiger partial charge in [-0.05, 0) is 18.2 Å². The molecule has 2 rings (SSSR count). The molecule has 0 atom stereocenters. The minimum Gasteiger partial charge on any atom is -0.482 e. The number of benzene rings is 1. The molecular weight excluding hydrogens is 244 g/mol. The van der Waals surface area contributed by atoms with Gasteiger partial charge in [0, 0.05) is 7.05 Å². The minimum atomic E-state index is -3.33. The van der Waals surface area contributed by atoms with Gasteiger partial charge in [0.2, 0.25) is 10.0 Å². The lowest BCUT2D eigenvalue weighted by molar-refractivity contribution is -0.120. The third kappa shape index (κ3) is 2.50. The predicted octanol–water partition coefficient (Wildman–Crippen LogP) is 0.413. The van der Waals surface area contributed by atoms with E-state index in [0.717, 1.165) is 6.26 Å². The van der Waals surface area contributed by atoms with Crippen molar-refractivity contribution in [2.45, 2.75) is 0 Å². The SMILES string of the molecule is CN1C(=O)COc2ccc(NS(C)(=O)=O)cc21.